The molecular weight excluding hydrogens is 354 g/mol. The number of nitrogens with one attached hydrogen (secondary N) is 1. The number of hydrogen-bond donors (Lipinski definition) is 1. The highest BCUT2D eigenvalue weighted by atomic mass is 16.6. The van der Waals surface area contributed by atoms with E-state index in [9.17, 15) is 9.59 Å². The van der Waals surface area contributed by atoms with Crippen molar-refractivity contribution in [1.82, 2.24) is 5.32 Å². The van der Waals surface area contributed by atoms with Gasteiger partial charge in [0.25, 0.3) is 0 Å². The molecule has 0 rings (SSSR count). The summed E-state index contributed by atoms with van der Waals surface area (Å²) < 4.78 is 10.1. The number of hydrogen-bond acceptors (Lipinski definition) is 4. The average Bonchev–Trinajstić information content (AvgIpc) is 2.69. The lowest BCUT2D eigenvalue weighted by Crippen LogP contribution is -2.40. The van der Waals surface area contributed by atoms with Gasteiger partial charge in [0, 0.05) is 0 Å². The Labute approximate surface area is 173 Å². The zero-order valence-corrected chi connectivity index (χ0v) is 18.7. The number of amides is 1. The first kappa shape index (κ1) is 26.7. The topological polar surface area (TPSA) is 64.6 Å². The standard InChI is InChI=1S/C23H45NO4/c1-4-6-7-8-9-10-11-12-13-14-15-16-17-18-20-27-22(25)21(3)24-23(26)28-19-5-2/h21H,4-20H2,1-3H3,(H,24,26). The van der Waals surface area contributed by atoms with Crippen molar-refractivity contribution in [2.24, 2.45) is 0 Å². The molecule has 1 unspecified atom stereocenters. The molecule has 0 aromatic rings. The summed E-state index contributed by atoms with van der Waals surface area (Å²) in [6.07, 6.45) is 18.4. The molecule has 0 aromatic heterocycles. The van der Waals surface area contributed by atoms with E-state index in [4.69, 9.17) is 9.47 Å². The molecule has 0 aliphatic heterocycles. The van der Waals surface area contributed by atoms with Gasteiger partial charge in [-0.25, -0.2) is 9.59 Å². The molecule has 1 amide bonds. The van der Waals surface area contributed by atoms with Gasteiger partial charge >= 0.3 is 12.1 Å². The smallest absolute Gasteiger partial charge is 0.407 e. The maximum absolute atomic E-state index is 11.8. The predicted molar refractivity (Wildman–Crippen MR) is 116 cm³/mol. The van der Waals surface area contributed by atoms with Crippen LogP contribution in [-0.2, 0) is 14.3 Å². The van der Waals surface area contributed by atoms with Crippen molar-refractivity contribution in [1.29, 1.82) is 0 Å². The first-order valence-electron chi connectivity index (χ1n) is 11.7. The molecule has 0 aliphatic carbocycles. The normalized spacial score (nSPS) is 11.8. The summed E-state index contributed by atoms with van der Waals surface area (Å²) in [7, 11) is 0. The molecule has 0 bridgehead atoms. The van der Waals surface area contributed by atoms with Crippen LogP contribution in [0.5, 0.6) is 0 Å². The quantitative estimate of drug-likeness (QED) is 0.198. The van der Waals surface area contributed by atoms with Crippen LogP contribution in [-0.4, -0.2) is 31.3 Å². The number of carbonyl (C=O) groups is 2. The molecule has 0 heterocycles. The van der Waals surface area contributed by atoms with E-state index in [0.29, 0.717) is 13.2 Å². The summed E-state index contributed by atoms with van der Waals surface area (Å²) in [6, 6.07) is -0.670. The van der Waals surface area contributed by atoms with Gasteiger partial charge in [-0.05, 0) is 19.8 Å². The van der Waals surface area contributed by atoms with Gasteiger partial charge in [0.2, 0.25) is 0 Å². The van der Waals surface area contributed by atoms with Crippen LogP contribution >= 0.6 is 0 Å². The van der Waals surface area contributed by atoms with Crippen LogP contribution in [0.15, 0.2) is 0 Å². The lowest BCUT2D eigenvalue weighted by molar-refractivity contribution is -0.145. The Morgan fingerprint density at radius 2 is 1.11 bits per heavy atom. The lowest BCUT2D eigenvalue weighted by atomic mass is 10.0. The number of alkyl carbamates (subject to hydrolysis) is 1. The molecule has 5 nitrogen and oxygen atoms in total. The minimum absolute atomic E-state index is 0.354. The highest BCUT2D eigenvalue weighted by molar-refractivity contribution is 5.80. The second-order valence-electron chi connectivity index (χ2n) is 7.77. The molecule has 28 heavy (non-hydrogen) atoms. The molecule has 1 N–H and O–H groups in total. The summed E-state index contributed by atoms with van der Waals surface area (Å²) in [5.41, 5.74) is 0. The van der Waals surface area contributed by atoms with E-state index >= 15 is 0 Å². The van der Waals surface area contributed by atoms with Crippen LogP contribution in [0.1, 0.15) is 117 Å². The van der Waals surface area contributed by atoms with Crippen molar-refractivity contribution < 1.29 is 19.1 Å². The van der Waals surface area contributed by atoms with Crippen LogP contribution in [0, 0.1) is 0 Å². The monoisotopic (exact) mass is 399 g/mol. The molecule has 0 spiro atoms. The Balaban J connectivity index is 3.34. The third-order valence-electron chi connectivity index (χ3n) is 4.87. The van der Waals surface area contributed by atoms with Gasteiger partial charge in [-0.1, -0.05) is 97.3 Å². The number of ether oxygens (including phenoxy) is 2. The van der Waals surface area contributed by atoms with Crippen LogP contribution in [0.4, 0.5) is 4.79 Å². The van der Waals surface area contributed by atoms with E-state index in [-0.39, 0.29) is 0 Å². The SMILES string of the molecule is CCCCCCCCCCCCCCCCOC(=O)C(C)NC(=O)OCCC. The Morgan fingerprint density at radius 3 is 1.57 bits per heavy atom. The van der Waals surface area contributed by atoms with Gasteiger partial charge in [-0.15, -0.1) is 0 Å². The summed E-state index contributed by atoms with van der Waals surface area (Å²) in [5, 5.41) is 2.48. The van der Waals surface area contributed by atoms with E-state index in [0.717, 1.165) is 19.3 Å². The van der Waals surface area contributed by atoms with Crippen LogP contribution < -0.4 is 5.32 Å². The van der Waals surface area contributed by atoms with E-state index in [1.807, 2.05) is 6.92 Å². The van der Waals surface area contributed by atoms with Crippen molar-refractivity contribution in [3.05, 3.63) is 0 Å². The Bertz CT molecular complexity index is 374. The molecular formula is C23H45NO4. The van der Waals surface area contributed by atoms with E-state index in [1.54, 1.807) is 6.92 Å². The van der Waals surface area contributed by atoms with Crippen molar-refractivity contribution in [2.45, 2.75) is 123 Å². The molecule has 0 radical (unpaired) electrons. The largest absolute Gasteiger partial charge is 0.464 e. The fourth-order valence-electron chi connectivity index (χ4n) is 3.07. The summed E-state index contributed by atoms with van der Waals surface area (Å²) in [4.78, 5) is 23.2. The van der Waals surface area contributed by atoms with Gasteiger partial charge in [0.05, 0.1) is 13.2 Å². The average molecular weight is 400 g/mol. The first-order chi connectivity index (χ1) is 13.6. The maximum atomic E-state index is 11.8. The maximum Gasteiger partial charge on any atom is 0.407 e. The zero-order valence-electron chi connectivity index (χ0n) is 18.7. The molecule has 0 fully saturated rings. The van der Waals surface area contributed by atoms with Crippen molar-refractivity contribution in [3.8, 4) is 0 Å². The Morgan fingerprint density at radius 1 is 0.643 bits per heavy atom. The predicted octanol–water partition coefficient (Wildman–Crippen LogP) is 6.54. The van der Waals surface area contributed by atoms with Gasteiger partial charge in [0.15, 0.2) is 0 Å². The van der Waals surface area contributed by atoms with Gasteiger partial charge in [-0.3, -0.25) is 0 Å². The molecule has 0 aromatic carbocycles. The summed E-state index contributed by atoms with van der Waals surface area (Å²) >= 11 is 0. The second kappa shape index (κ2) is 20.5. The Hall–Kier alpha value is -1.26. The van der Waals surface area contributed by atoms with E-state index in [2.05, 4.69) is 12.2 Å². The molecule has 166 valence electrons. The minimum Gasteiger partial charge on any atom is -0.464 e. The zero-order chi connectivity index (χ0) is 20.9. The third-order valence-corrected chi connectivity index (χ3v) is 4.87. The lowest BCUT2D eigenvalue weighted by Gasteiger charge is -2.13. The van der Waals surface area contributed by atoms with Crippen LogP contribution in [0.3, 0.4) is 0 Å². The van der Waals surface area contributed by atoms with Gasteiger partial charge in [-0.2, -0.15) is 0 Å². The fourth-order valence-corrected chi connectivity index (χ4v) is 3.07. The van der Waals surface area contributed by atoms with Crippen molar-refractivity contribution >= 4 is 12.1 Å². The minimum atomic E-state index is -0.670. The molecule has 1 atom stereocenters. The molecule has 5 heteroatoms. The highest BCUT2D eigenvalue weighted by Crippen LogP contribution is 2.13. The first-order valence-corrected chi connectivity index (χ1v) is 11.7. The number of esters is 1. The molecule has 0 aliphatic rings. The van der Waals surface area contributed by atoms with Gasteiger partial charge in [0.1, 0.15) is 6.04 Å². The van der Waals surface area contributed by atoms with Crippen LogP contribution in [0.25, 0.3) is 0 Å². The number of carbonyl (C=O) groups excluding carboxylic acids is 2. The fraction of sp³-hybridized carbons (Fsp3) is 0.913. The molecule has 0 saturated carbocycles. The summed E-state index contributed by atoms with van der Waals surface area (Å²) in [6.45, 7) is 6.57. The second-order valence-corrected chi connectivity index (χ2v) is 7.77. The van der Waals surface area contributed by atoms with Crippen molar-refractivity contribution in [3.63, 3.8) is 0 Å². The van der Waals surface area contributed by atoms with E-state index < -0.39 is 18.1 Å². The third kappa shape index (κ3) is 18.1. The highest BCUT2D eigenvalue weighted by Gasteiger charge is 2.17. The van der Waals surface area contributed by atoms with Crippen LogP contribution in [0.2, 0.25) is 0 Å². The number of rotatable bonds is 19. The molecule has 0 saturated heterocycles. The summed E-state index contributed by atoms with van der Waals surface area (Å²) in [5.74, 6) is -0.400. The Kier molecular flexibility index (Phi) is 19.6. The van der Waals surface area contributed by atoms with E-state index in [1.165, 1.54) is 77.0 Å². The van der Waals surface area contributed by atoms with Gasteiger partial charge < -0.3 is 14.8 Å². The van der Waals surface area contributed by atoms with Crippen molar-refractivity contribution in [2.75, 3.05) is 13.2 Å². The number of unbranched alkanes of at least 4 members (excludes halogenated alkanes) is 13.